The van der Waals surface area contributed by atoms with Gasteiger partial charge in [0.25, 0.3) is 0 Å². The standard InChI is InChI=1S/C17H24F2N2O.ClH/c1-11(13-5-7-20-8-6-13)9-17(22)21-12(2)14-3-4-15(18)16(19)10-14;/h3-4,10-13,20H,5-9H2,1-2H3,(H,21,22);1H. The van der Waals surface area contributed by atoms with Gasteiger partial charge in [-0.15, -0.1) is 12.4 Å². The van der Waals surface area contributed by atoms with E-state index in [0.29, 0.717) is 23.8 Å². The number of hydrogen-bond donors (Lipinski definition) is 2. The summed E-state index contributed by atoms with van der Waals surface area (Å²) in [5.74, 6) is -0.892. The Morgan fingerprint density at radius 3 is 2.52 bits per heavy atom. The molecule has 2 N–H and O–H groups in total. The highest BCUT2D eigenvalue weighted by molar-refractivity contribution is 5.85. The average molecular weight is 347 g/mol. The zero-order valence-electron chi connectivity index (χ0n) is 13.6. The van der Waals surface area contributed by atoms with Gasteiger partial charge < -0.3 is 10.6 Å². The molecule has 1 aromatic rings. The second-order valence-electron chi connectivity index (χ2n) is 6.23. The maximum atomic E-state index is 13.2. The molecule has 23 heavy (non-hydrogen) atoms. The third-order valence-electron chi connectivity index (χ3n) is 4.52. The maximum absolute atomic E-state index is 13.2. The fourth-order valence-corrected chi connectivity index (χ4v) is 3.04. The van der Waals surface area contributed by atoms with E-state index in [1.165, 1.54) is 6.07 Å². The summed E-state index contributed by atoms with van der Waals surface area (Å²) in [5.41, 5.74) is 0.571. The summed E-state index contributed by atoms with van der Waals surface area (Å²) in [7, 11) is 0. The summed E-state index contributed by atoms with van der Waals surface area (Å²) >= 11 is 0. The Kier molecular flexibility index (Phi) is 7.92. The van der Waals surface area contributed by atoms with Crippen molar-refractivity contribution in [3.63, 3.8) is 0 Å². The molecule has 1 fully saturated rings. The molecule has 0 saturated carbocycles. The van der Waals surface area contributed by atoms with Crippen molar-refractivity contribution in [2.45, 2.75) is 39.2 Å². The Labute approximate surface area is 142 Å². The zero-order chi connectivity index (χ0) is 16.1. The highest BCUT2D eigenvalue weighted by Gasteiger charge is 2.22. The highest BCUT2D eigenvalue weighted by Crippen LogP contribution is 2.24. The number of piperidine rings is 1. The van der Waals surface area contributed by atoms with Gasteiger partial charge in [-0.3, -0.25) is 4.79 Å². The summed E-state index contributed by atoms with van der Waals surface area (Å²) in [4.78, 5) is 12.1. The van der Waals surface area contributed by atoms with E-state index in [2.05, 4.69) is 17.6 Å². The van der Waals surface area contributed by atoms with Gasteiger partial charge in [0.1, 0.15) is 0 Å². The summed E-state index contributed by atoms with van der Waals surface area (Å²) < 4.78 is 26.2. The van der Waals surface area contributed by atoms with Crippen LogP contribution in [0.2, 0.25) is 0 Å². The fourth-order valence-electron chi connectivity index (χ4n) is 3.04. The Balaban J connectivity index is 0.00000264. The van der Waals surface area contributed by atoms with Crippen LogP contribution in [0.1, 0.15) is 44.7 Å². The van der Waals surface area contributed by atoms with Gasteiger partial charge in [0.05, 0.1) is 6.04 Å². The van der Waals surface area contributed by atoms with Gasteiger partial charge in [0.15, 0.2) is 11.6 Å². The first-order valence-corrected chi connectivity index (χ1v) is 7.92. The number of rotatable bonds is 5. The average Bonchev–Trinajstić information content (AvgIpc) is 2.50. The monoisotopic (exact) mass is 346 g/mol. The van der Waals surface area contributed by atoms with Gasteiger partial charge in [0, 0.05) is 6.42 Å². The molecule has 6 heteroatoms. The molecule has 0 aliphatic carbocycles. The zero-order valence-corrected chi connectivity index (χ0v) is 14.4. The molecule has 0 radical (unpaired) electrons. The molecule has 1 amide bonds. The summed E-state index contributed by atoms with van der Waals surface area (Å²) in [6.45, 7) is 5.92. The molecule has 0 spiro atoms. The second kappa shape index (κ2) is 9.18. The number of carbonyl (C=O) groups is 1. The van der Waals surface area contributed by atoms with E-state index in [0.717, 1.165) is 38.1 Å². The first-order chi connectivity index (χ1) is 10.5. The first kappa shape index (κ1) is 19.8. The van der Waals surface area contributed by atoms with Gasteiger partial charge in [-0.1, -0.05) is 13.0 Å². The summed E-state index contributed by atoms with van der Waals surface area (Å²) in [6.07, 6.45) is 2.68. The lowest BCUT2D eigenvalue weighted by molar-refractivity contribution is -0.123. The molecule has 2 rings (SSSR count). The Morgan fingerprint density at radius 1 is 1.26 bits per heavy atom. The third kappa shape index (κ3) is 5.74. The van der Waals surface area contributed by atoms with E-state index in [-0.39, 0.29) is 24.4 Å². The van der Waals surface area contributed by atoms with Crippen LogP contribution in [-0.2, 0) is 4.79 Å². The van der Waals surface area contributed by atoms with E-state index in [9.17, 15) is 13.6 Å². The topological polar surface area (TPSA) is 41.1 Å². The van der Waals surface area contributed by atoms with Crippen molar-refractivity contribution in [1.82, 2.24) is 10.6 Å². The number of carbonyl (C=O) groups excluding carboxylic acids is 1. The van der Waals surface area contributed by atoms with E-state index < -0.39 is 11.6 Å². The Hall–Kier alpha value is -1.20. The molecule has 0 aromatic heterocycles. The molecular formula is C17H25ClF2N2O. The van der Waals surface area contributed by atoms with Crippen LogP contribution >= 0.6 is 12.4 Å². The smallest absolute Gasteiger partial charge is 0.220 e. The quantitative estimate of drug-likeness (QED) is 0.855. The highest BCUT2D eigenvalue weighted by atomic mass is 35.5. The van der Waals surface area contributed by atoms with Gasteiger partial charge in [0.2, 0.25) is 5.91 Å². The largest absolute Gasteiger partial charge is 0.350 e. The Morgan fingerprint density at radius 2 is 1.91 bits per heavy atom. The van der Waals surface area contributed by atoms with Gasteiger partial charge in [-0.2, -0.15) is 0 Å². The van der Waals surface area contributed by atoms with Gasteiger partial charge in [-0.05, 0) is 62.4 Å². The lowest BCUT2D eigenvalue weighted by atomic mass is 9.84. The molecule has 1 heterocycles. The lowest BCUT2D eigenvalue weighted by Crippen LogP contribution is -2.34. The van der Waals surface area contributed by atoms with Crippen molar-refractivity contribution in [2.75, 3.05) is 13.1 Å². The minimum Gasteiger partial charge on any atom is -0.350 e. The molecule has 2 atom stereocenters. The number of benzene rings is 1. The second-order valence-corrected chi connectivity index (χ2v) is 6.23. The Bertz CT molecular complexity index is 521. The summed E-state index contributed by atoms with van der Waals surface area (Å²) in [5, 5.41) is 6.19. The third-order valence-corrected chi connectivity index (χ3v) is 4.52. The molecule has 1 saturated heterocycles. The molecule has 1 aromatic carbocycles. The molecule has 130 valence electrons. The van der Waals surface area contributed by atoms with Crippen LogP contribution in [0.3, 0.4) is 0 Å². The van der Waals surface area contributed by atoms with Crippen LogP contribution in [0, 0.1) is 23.5 Å². The maximum Gasteiger partial charge on any atom is 0.220 e. The first-order valence-electron chi connectivity index (χ1n) is 7.92. The molecule has 2 unspecified atom stereocenters. The SMILES string of the molecule is CC(NC(=O)CC(C)C1CCNCC1)c1ccc(F)c(F)c1.Cl. The lowest BCUT2D eigenvalue weighted by Gasteiger charge is -2.28. The van der Waals surface area contributed by atoms with Crippen LogP contribution in [0.5, 0.6) is 0 Å². The predicted octanol–water partition coefficient (Wildman–Crippen LogP) is 3.59. The number of hydrogen-bond acceptors (Lipinski definition) is 2. The molecule has 0 bridgehead atoms. The molecule has 3 nitrogen and oxygen atoms in total. The van der Waals surface area contributed by atoms with Gasteiger partial charge >= 0.3 is 0 Å². The van der Waals surface area contributed by atoms with Crippen molar-refractivity contribution in [2.24, 2.45) is 11.8 Å². The van der Waals surface area contributed by atoms with Crippen molar-refractivity contribution >= 4 is 18.3 Å². The van der Waals surface area contributed by atoms with Crippen LogP contribution in [0.4, 0.5) is 8.78 Å². The van der Waals surface area contributed by atoms with Crippen molar-refractivity contribution < 1.29 is 13.6 Å². The summed E-state index contributed by atoms with van der Waals surface area (Å²) in [6, 6.07) is 3.39. The van der Waals surface area contributed by atoms with E-state index in [4.69, 9.17) is 0 Å². The van der Waals surface area contributed by atoms with Crippen LogP contribution in [-0.4, -0.2) is 19.0 Å². The molecular weight excluding hydrogens is 322 g/mol. The molecule has 1 aliphatic heterocycles. The van der Waals surface area contributed by atoms with Crippen LogP contribution in [0.25, 0.3) is 0 Å². The number of amides is 1. The van der Waals surface area contributed by atoms with Crippen LogP contribution in [0.15, 0.2) is 18.2 Å². The minimum atomic E-state index is -0.887. The van der Waals surface area contributed by atoms with Gasteiger partial charge in [-0.25, -0.2) is 8.78 Å². The van der Waals surface area contributed by atoms with E-state index in [1.54, 1.807) is 6.92 Å². The predicted molar refractivity (Wildman–Crippen MR) is 89.5 cm³/mol. The van der Waals surface area contributed by atoms with Crippen molar-refractivity contribution in [3.05, 3.63) is 35.4 Å². The normalized spacial score (nSPS) is 17.9. The van der Waals surface area contributed by atoms with E-state index >= 15 is 0 Å². The number of halogens is 3. The number of nitrogens with one attached hydrogen (secondary N) is 2. The van der Waals surface area contributed by atoms with Crippen molar-refractivity contribution in [3.8, 4) is 0 Å². The van der Waals surface area contributed by atoms with Crippen LogP contribution < -0.4 is 10.6 Å². The fraction of sp³-hybridized carbons (Fsp3) is 0.588. The minimum absolute atomic E-state index is 0. The van der Waals surface area contributed by atoms with Crippen molar-refractivity contribution in [1.29, 1.82) is 0 Å². The molecule has 1 aliphatic rings. The van der Waals surface area contributed by atoms with E-state index in [1.807, 2.05) is 0 Å².